The summed E-state index contributed by atoms with van der Waals surface area (Å²) >= 11 is 6.72. The van der Waals surface area contributed by atoms with Crippen LogP contribution in [0.25, 0.3) is 0 Å². The van der Waals surface area contributed by atoms with E-state index in [9.17, 15) is 4.21 Å². The first-order valence-corrected chi connectivity index (χ1v) is 12.2. The molecule has 4 nitrogen and oxygen atoms in total. The van der Waals surface area contributed by atoms with Gasteiger partial charge in [0.2, 0.25) is 0 Å². The molecule has 2 aromatic carbocycles. The molecule has 0 aromatic heterocycles. The van der Waals surface area contributed by atoms with Crippen LogP contribution < -0.4 is 0 Å². The maximum atomic E-state index is 13.1. The molecule has 1 aliphatic carbocycles. The minimum absolute atomic E-state index is 0.441. The normalized spacial score (nSPS) is 22.1. The Morgan fingerprint density at radius 2 is 1.63 bits per heavy atom. The highest BCUT2D eigenvalue weighted by Gasteiger charge is 2.48. The predicted octanol–water partition coefficient (Wildman–Crippen LogP) is 5.33. The Bertz CT molecular complexity index is 839. The van der Waals surface area contributed by atoms with Crippen LogP contribution in [0.5, 0.6) is 0 Å². The van der Waals surface area contributed by atoms with Gasteiger partial charge in [-0.05, 0) is 37.5 Å². The van der Waals surface area contributed by atoms with Crippen molar-refractivity contribution in [1.82, 2.24) is 0 Å². The van der Waals surface area contributed by atoms with Crippen LogP contribution >= 0.6 is 11.6 Å². The van der Waals surface area contributed by atoms with Crippen molar-refractivity contribution in [2.45, 2.75) is 66.6 Å². The van der Waals surface area contributed by atoms with Gasteiger partial charge >= 0.3 is 0 Å². The summed E-state index contributed by atoms with van der Waals surface area (Å²) in [6.45, 7) is 3.82. The molecule has 2 aromatic rings. The van der Waals surface area contributed by atoms with Gasteiger partial charge in [-0.2, -0.15) is 0 Å². The van der Waals surface area contributed by atoms with E-state index in [1.54, 1.807) is 0 Å². The van der Waals surface area contributed by atoms with Crippen molar-refractivity contribution in [1.29, 1.82) is 0 Å². The topological polar surface area (TPSA) is 44.8 Å². The SMILES string of the molecule is Cc1ccc(S(=O)C(Cl)CC2(OCc3ccccc3)CCC3(CC2)OCCO3)cc1. The average Bonchev–Trinajstić information content (AvgIpc) is 3.24. The molecular formula is C24H29ClO4S. The van der Waals surface area contributed by atoms with Gasteiger partial charge in [-0.3, -0.25) is 4.21 Å². The van der Waals surface area contributed by atoms with Crippen LogP contribution in [0.4, 0.5) is 0 Å². The Kier molecular flexibility index (Phi) is 6.95. The lowest BCUT2D eigenvalue weighted by atomic mass is 9.79. The predicted molar refractivity (Wildman–Crippen MR) is 119 cm³/mol. The number of benzene rings is 2. The van der Waals surface area contributed by atoms with Crippen LogP contribution in [0.3, 0.4) is 0 Å². The average molecular weight is 449 g/mol. The number of ether oxygens (including phenoxy) is 3. The van der Waals surface area contributed by atoms with Crippen molar-refractivity contribution in [2.75, 3.05) is 13.2 Å². The molecule has 1 heterocycles. The Hall–Kier alpha value is -1.24. The monoisotopic (exact) mass is 448 g/mol. The van der Waals surface area contributed by atoms with Gasteiger partial charge in [0.15, 0.2) is 5.79 Å². The molecule has 162 valence electrons. The second-order valence-electron chi connectivity index (χ2n) is 8.29. The number of rotatable bonds is 7. The lowest BCUT2D eigenvalue weighted by molar-refractivity contribution is -0.213. The van der Waals surface area contributed by atoms with Crippen molar-refractivity contribution in [2.24, 2.45) is 0 Å². The van der Waals surface area contributed by atoms with Gasteiger partial charge < -0.3 is 14.2 Å². The zero-order valence-corrected chi connectivity index (χ0v) is 18.9. The number of alkyl halides is 1. The highest BCUT2D eigenvalue weighted by molar-refractivity contribution is 7.87. The standard InChI is InChI=1S/C24H29ClO4S/c1-19-7-9-21(10-8-19)30(26)22(25)17-23(29-18-20-5-3-2-4-6-20)11-13-24(14-12-23)27-15-16-28-24/h2-10,22H,11-18H2,1H3. The van der Waals surface area contributed by atoms with E-state index < -0.39 is 26.9 Å². The summed E-state index contributed by atoms with van der Waals surface area (Å²) in [7, 11) is -1.30. The third-order valence-corrected chi connectivity index (χ3v) is 8.15. The molecule has 0 amide bonds. The van der Waals surface area contributed by atoms with Gasteiger partial charge in [0.05, 0.1) is 36.2 Å². The fourth-order valence-electron chi connectivity index (χ4n) is 4.28. The van der Waals surface area contributed by atoms with Crippen LogP contribution in [0.1, 0.15) is 43.2 Å². The zero-order chi connectivity index (χ0) is 21.0. The van der Waals surface area contributed by atoms with Crippen molar-refractivity contribution in [3.8, 4) is 0 Å². The first kappa shape index (κ1) is 22.0. The molecule has 1 spiro atoms. The molecule has 6 heteroatoms. The summed E-state index contributed by atoms with van der Waals surface area (Å²) in [6.07, 6.45) is 3.60. The quantitative estimate of drug-likeness (QED) is 0.537. The van der Waals surface area contributed by atoms with Crippen molar-refractivity contribution >= 4 is 22.4 Å². The highest BCUT2D eigenvalue weighted by Crippen LogP contribution is 2.45. The van der Waals surface area contributed by atoms with Crippen LogP contribution in [-0.2, 0) is 31.6 Å². The molecule has 1 aliphatic heterocycles. The Morgan fingerprint density at radius 3 is 2.27 bits per heavy atom. The summed E-state index contributed by atoms with van der Waals surface area (Å²) < 4.78 is 30.8. The number of aryl methyl sites for hydroxylation is 1. The van der Waals surface area contributed by atoms with Gasteiger partial charge in [0.25, 0.3) is 0 Å². The zero-order valence-electron chi connectivity index (χ0n) is 17.3. The second-order valence-corrected chi connectivity index (χ2v) is 10.7. The largest absolute Gasteiger partial charge is 0.370 e. The van der Waals surface area contributed by atoms with E-state index in [-0.39, 0.29) is 0 Å². The second kappa shape index (κ2) is 9.49. The van der Waals surface area contributed by atoms with Crippen molar-refractivity contribution < 1.29 is 18.4 Å². The number of hydrogen-bond acceptors (Lipinski definition) is 4. The van der Waals surface area contributed by atoms with E-state index in [1.807, 2.05) is 49.4 Å². The van der Waals surface area contributed by atoms with Gasteiger partial charge in [0.1, 0.15) is 4.71 Å². The van der Waals surface area contributed by atoms with Crippen LogP contribution in [-0.4, -0.2) is 33.5 Å². The lowest BCUT2D eigenvalue weighted by Gasteiger charge is -2.44. The summed E-state index contributed by atoms with van der Waals surface area (Å²) in [5, 5.41) is 0. The molecule has 4 rings (SSSR count). The molecule has 2 atom stereocenters. The van der Waals surface area contributed by atoms with Gasteiger partial charge in [-0.15, -0.1) is 11.6 Å². The van der Waals surface area contributed by atoms with E-state index in [0.717, 1.165) is 41.7 Å². The molecule has 1 saturated carbocycles. The molecule has 0 bridgehead atoms. The molecule has 2 aliphatic rings. The molecule has 2 unspecified atom stereocenters. The molecule has 2 fully saturated rings. The van der Waals surface area contributed by atoms with Crippen molar-refractivity contribution in [3.63, 3.8) is 0 Å². The Balaban J connectivity index is 1.48. The first-order chi connectivity index (χ1) is 14.5. The maximum Gasteiger partial charge on any atom is 0.168 e. The molecule has 30 heavy (non-hydrogen) atoms. The molecular weight excluding hydrogens is 420 g/mol. The van der Waals surface area contributed by atoms with Crippen LogP contribution in [0.2, 0.25) is 0 Å². The number of hydrogen-bond donors (Lipinski definition) is 0. The van der Waals surface area contributed by atoms with E-state index in [2.05, 4.69) is 12.1 Å². The molecule has 0 radical (unpaired) electrons. The fraction of sp³-hybridized carbons (Fsp3) is 0.500. The van der Waals surface area contributed by atoms with Crippen molar-refractivity contribution in [3.05, 3.63) is 65.7 Å². The fourth-order valence-corrected chi connectivity index (χ4v) is 6.02. The molecule has 1 saturated heterocycles. The van der Waals surface area contributed by atoms with Gasteiger partial charge in [-0.1, -0.05) is 48.0 Å². The minimum Gasteiger partial charge on any atom is -0.370 e. The smallest absolute Gasteiger partial charge is 0.168 e. The van der Waals surface area contributed by atoms with Gasteiger partial charge in [-0.25, -0.2) is 0 Å². The minimum atomic E-state index is -1.30. The first-order valence-electron chi connectivity index (χ1n) is 10.6. The van der Waals surface area contributed by atoms with Gasteiger partial charge in [0, 0.05) is 24.2 Å². The summed E-state index contributed by atoms with van der Waals surface area (Å²) in [6, 6.07) is 17.9. The van der Waals surface area contributed by atoms with E-state index in [0.29, 0.717) is 26.2 Å². The summed E-state index contributed by atoms with van der Waals surface area (Å²) in [4.78, 5) is 0.758. The summed E-state index contributed by atoms with van der Waals surface area (Å²) in [5.41, 5.74) is 1.82. The van der Waals surface area contributed by atoms with E-state index in [1.165, 1.54) is 0 Å². The van der Waals surface area contributed by atoms with E-state index in [4.69, 9.17) is 25.8 Å². The van der Waals surface area contributed by atoms with Crippen LogP contribution in [0, 0.1) is 6.92 Å². The highest BCUT2D eigenvalue weighted by atomic mass is 35.5. The third kappa shape index (κ3) is 5.14. The third-order valence-electron chi connectivity index (χ3n) is 6.14. The number of halogens is 1. The lowest BCUT2D eigenvalue weighted by Crippen LogP contribution is -2.46. The summed E-state index contributed by atoms with van der Waals surface area (Å²) in [5.74, 6) is -0.475. The Labute approximate surface area is 186 Å². The maximum absolute atomic E-state index is 13.1. The van der Waals surface area contributed by atoms with E-state index >= 15 is 0 Å². The van der Waals surface area contributed by atoms with Crippen LogP contribution in [0.15, 0.2) is 59.5 Å². The molecule has 0 N–H and O–H groups in total. The Morgan fingerprint density at radius 1 is 1.00 bits per heavy atom.